The zero-order valence-electron chi connectivity index (χ0n) is 23.5. The maximum atomic E-state index is 12.4. The molecule has 0 unspecified atom stereocenters. The molecule has 0 fully saturated rings. The molecule has 0 heterocycles. The van der Waals surface area contributed by atoms with Crippen molar-refractivity contribution in [1.82, 2.24) is 10.7 Å². The van der Waals surface area contributed by atoms with Crippen molar-refractivity contribution in [2.75, 3.05) is 39.3 Å². The van der Waals surface area contributed by atoms with E-state index in [9.17, 15) is 14.4 Å². The van der Waals surface area contributed by atoms with E-state index in [1.807, 2.05) is 28.7 Å². The Bertz CT molecular complexity index is 1500. The molecule has 43 heavy (non-hydrogen) atoms. The maximum Gasteiger partial charge on any atom is 0.329 e. The number of hydrazone groups is 1. The number of hydrogen-bond donors (Lipinski definition) is 3. The first-order valence-electron chi connectivity index (χ1n) is 12.8. The molecule has 0 aromatic heterocycles. The Labute approximate surface area is 272 Å². The van der Waals surface area contributed by atoms with Crippen LogP contribution in [0, 0.1) is 3.57 Å². The lowest BCUT2D eigenvalue weighted by Gasteiger charge is -2.15. The summed E-state index contributed by atoms with van der Waals surface area (Å²) in [6, 6.07) is 13.5. The first-order chi connectivity index (χ1) is 20.6. The van der Waals surface area contributed by atoms with Gasteiger partial charge in [-0.1, -0.05) is 29.3 Å². The third-order valence-corrected chi connectivity index (χ3v) is 6.97. The van der Waals surface area contributed by atoms with Crippen LogP contribution in [0.4, 0.5) is 5.69 Å². The van der Waals surface area contributed by atoms with Crippen molar-refractivity contribution < 1.29 is 33.3 Å². The largest absolute Gasteiger partial charge is 0.493 e. The molecule has 0 atom stereocenters. The molecular weight excluding hydrogens is 714 g/mol. The highest BCUT2D eigenvalue weighted by atomic mass is 127. The van der Waals surface area contributed by atoms with Gasteiger partial charge in [0.1, 0.15) is 0 Å². The number of amides is 3. The highest BCUT2D eigenvalue weighted by Gasteiger charge is 2.16. The molecule has 3 aromatic carbocycles. The lowest BCUT2D eigenvalue weighted by Crippen LogP contribution is -2.38. The molecule has 3 N–H and O–H groups in total. The highest BCUT2D eigenvalue weighted by Crippen LogP contribution is 2.34. The minimum absolute atomic E-state index is 0.230. The number of methoxy groups -OCH3 is 2. The predicted octanol–water partition coefficient (Wildman–Crippen LogP) is 4.84. The number of nitrogens with zero attached hydrogens (tertiary/aromatic N) is 1. The van der Waals surface area contributed by atoms with Crippen molar-refractivity contribution >= 4 is 75.4 Å². The number of rotatable bonds is 13. The smallest absolute Gasteiger partial charge is 0.329 e. The molecule has 14 heteroatoms. The summed E-state index contributed by atoms with van der Waals surface area (Å²) in [5.41, 5.74) is 4.07. The SMILES string of the molecule is CCOc1cc(/C=N\NC(=O)C(=O)NCCc2ccc(OC)c(OC)c2)cc(I)c1OCC(=O)Nc1ccc(Cl)cc1Cl. The molecule has 228 valence electrons. The number of hydrogen-bond acceptors (Lipinski definition) is 8. The fraction of sp³-hybridized carbons (Fsp3) is 0.241. The second-order valence-electron chi connectivity index (χ2n) is 8.62. The summed E-state index contributed by atoms with van der Waals surface area (Å²) < 4.78 is 22.6. The number of anilines is 1. The molecule has 3 aromatic rings. The number of halogens is 3. The molecule has 0 radical (unpaired) electrons. The fourth-order valence-corrected chi connectivity index (χ4v) is 4.87. The summed E-state index contributed by atoms with van der Waals surface area (Å²) in [4.78, 5) is 36.8. The maximum absolute atomic E-state index is 12.4. The minimum atomic E-state index is -0.921. The van der Waals surface area contributed by atoms with Gasteiger partial charge >= 0.3 is 11.8 Å². The Kier molecular flexibility index (Phi) is 13.2. The Morgan fingerprint density at radius 2 is 1.70 bits per heavy atom. The number of carbonyl (C=O) groups is 3. The van der Waals surface area contributed by atoms with E-state index in [-0.39, 0.29) is 13.2 Å². The molecule has 0 saturated carbocycles. The number of carbonyl (C=O) groups excluding carboxylic acids is 3. The summed E-state index contributed by atoms with van der Waals surface area (Å²) in [5.74, 6) is -0.287. The van der Waals surface area contributed by atoms with Gasteiger partial charge in [0.05, 0.1) is 41.3 Å². The van der Waals surface area contributed by atoms with Crippen molar-refractivity contribution in [3.8, 4) is 23.0 Å². The van der Waals surface area contributed by atoms with Gasteiger partial charge in [-0.15, -0.1) is 0 Å². The number of ether oxygens (including phenoxy) is 4. The van der Waals surface area contributed by atoms with E-state index >= 15 is 0 Å². The average molecular weight is 743 g/mol. The molecule has 11 nitrogen and oxygen atoms in total. The molecule has 0 bridgehead atoms. The summed E-state index contributed by atoms with van der Waals surface area (Å²) in [7, 11) is 3.09. The molecule has 3 rings (SSSR count). The average Bonchev–Trinajstić information content (AvgIpc) is 2.98. The predicted molar refractivity (Wildman–Crippen MR) is 173 cm³/mol. The van der Waals surface area contributed by atoms with Gasteiger partial charge in [-0.3, -0.25) is 14.4 Å². The summed E-state index contributed by atoms with van der Waals surface area (Å²) >= 11 is 14.0. The third kappa shape index (κ3) is 10.2. The quantitative estimate of drug-likeness (QED) is 0.0988. The van der Waals surface area contributed by atoms with Gasteiger partial charge < -0.3 is 29.6 Å². The molecular formula is C29H29Cl2IN4O7. The molecule has 0 spiro atoms. The zero-order chi connectivity index (χ0) is 31.4. The van der Waals surface area contributed by atoms with E-state index in [1.54, 1.807) is 50.4 Å². The molecule has 0 aliphatic carbocycles. The van der Waals surface area contributed by atoms with Crippen molar-refractivity contribution in [3.63, 3.8) is 0 Å². The van der Waals surface area contributed by atoms with Crippen LogP contribution in [0.2, 0.25) is 10.0 Å². The molecule has 0 saturated heterocycles. The lowest BCUT2D eigenvalue weighted by molar-refractivity contribution is -0.139. The van der Waals surface area contributed by atoms with E-state index in [0.29, 0.717) is 60.9 Å². The van der Waals surface area contributed by atoms with Crippen LogP contribution in [0.5, 0.6) is 23.0 Å². The summed E-state index contributed by atoms with van der Waals surface area (Å²) in [5, 5.41) is 9.84. The van der Waals surface area contributed by atoms with Gasteiger partial charge in [0.25, 0.3) is 5.91 Å². The summed E-state index contributed by atoms with van der Waals surface area (Å²) in [6.45, 7) is 2.06. The Balaban J connectivity index is 1.54. The van der Waals surface area contributed by atoms with Crippen molar-refractivity contribution in [2.45, 2.75) is 13.3 Å². The van der Waals surface area contributed by atoms with Crippen LogP contribution in [0.25, 0.3) is 0 Å². The van der Waals surface area contributed by atoms with Crippen molar-refractivity contribution in [1.29, 1.82) is 0 Å². The van der Waals surface area contributed by atoms with Crippen molar-refractivity contribution in [2.24, 2.45) is 5.10 Å². The molecule has 3 amide bonds. The van der Waals surface area contributed by atoms with E-state index < -0.39 is 17.7 Å². The Hall–Kier alpha value is -3.75. The monoisotopic (exact) mass is 742 g/mol. The van der Waals surface area contributed by atoms with Crippen LogP contribution in [0.1, 0.15) is 18.1 Å². The van der Waals surface area contributed by atoms with Crippen LogP contribution in [0.3, 0.4) is 0 Å². The van der Waals surface area contributed by atoms with Gasteiger partial charge in [0.15, 0.2) is 29.6 Å². The van der Waals surface area contributed by atoms with Crippen LogP contribution in [0.15, 0.2) is 53.6 Å². The highest BCUT2D eigenvalue weighted by molar-refractivity contribution is 14.1. The van der Waals surface area contributed by atoms with Crippen LogP contribution in [-0.2, 0) is 20.8 Å². The van der Waals surface area contributed by atoms with Gasteiger partial charge in [-0.05, 0) is 89.5 Å². The molecule has 0 aliphatic heterocycles. The van der Waals surface area contributed by atoms with Gasteiger partial charge in [0, 0.05) is 11.6 Å². The van der Waals surface area contributed by atoms with E-state index in [2.05, 4.69) is 21.2 Å². The fourth-order valence-electron chi connectivity index (χ4n) is 3.63. The first kappa shape index (κ1) is 33.7. The third-order valence-electron chi connectivity index (χ3n) is 5.62. The lowest BCUT2D eigenvalue weighted by atomic mass is 10.1. The first-order valence-corrected chi connectivity index (χ1v) is 14.6. The van der Waals surface area contributed by atoms with Gasteiger partial charge in [-0.25, -0.2) is 5.43 Å². The second-order valence-corrected chi connectivity index (χ2v) is 10.6. The van der Waals surface area contributed by atoms with E-state index in [4.69, 9.17) is 42.1 Å². The summed E-state index contributed by atoms with van der Waals surface area (Å²) in [6.07, 6.45) is 1.84. The normalized spacial score (nSPS) is 10.7. The van der Waals surface area contributed by atoms with E-state index in [0.717, 1.165) is 5.56 Å². The van der Waals surface area contributed by atoms with Crippen LogP contribution in [-0.4, -0.2) is 57.9 Å². The van der Waals surface area contributed by atoms with Crippen LogP contribution < -0.4 is 35.0 Å². The minimum Gasteiger partial charge on any atom is -0.493 e. The standard InChI is InChI=1S/C29H29Cl2IN4O7/c1-4-42-25-13-18(11-21(32)27(25)43-16-26(37)35-22-7-6-19(30)14-20(22)31)15-34-36-29(39)28(38)33-10-9-17-5-8-23(40-2)24(12-17)41-3/h5-8,11-15H,4,9-10,16H2,1-3H3,(H,33,38)(H,35,37)(H,36,39)/b34-15-. The molecule has 0 aliphatic rings. The topological polar surface area (TPSA) is 137 Å². The van der Waals surface area contributed by atoms with Gasteiger partial charge in [0.2, 0.25) is 0 Å². The Morgan fingerprint density at radius 1 is 0.930 bits per heavy atom. The van der Waals surface area contributed by atoms with Crippen molar-refractivity contribution in [3.05, 3.63) is 73.3 Å². The zero-order valence-corrected chi connectivity index (χ0v) is 27.1. The van der Waals surface area contributed by atoms with E-state index in [1.165, 1.54) is 19.4 Å². The number of benzene rings is 3. The number of nitrogens with one attached hydrogen (secondary N) is 3. The van der Waals surface area contributed by atoms with Crippen LogP contribution >= 0.6 is 45.8 Å². The van der Waals surface area contributed by atoms with Gasteiger partial charge in [-0.2, -0.15) is 5.10 Å². The Morgan fingerprint density at radius 3 is 2.40 bits per heavy atom. The second kappa shape index (κ2) is 16.8.